The van der Waals surface area contributed by atoms with Crippen LogP contribution in [0.15, 0.2) is 12.4 Å². The summed E-state index contributed by atoms with van der Waals surface area (Å²) in [5.74, 6) is -0.301. The van der Waals surface area contributed by atoms with Crippen molar-refractivity contribution >= 4 is 21.7 Å². The molecule has 0 aromatic carbocycles. The van der Waals surface area contributed by atoms with Gasteiger partial charge in [-0.05, 0) is 12.8 Å². The zero-order valence-corrected chi connectivity index (χ0v) is 12.5. The van der Waals surface area contributed by atoms with Gasteiger partial charge in [-0.25, -0.2) is 27.1 Å². The molecule has 124 valence electrons. The first-order chi connectivity index (χ1) is 10.2. The van der Waals surface area contributed by atoms with Gasteiger partial charge in [0.15, 0.2) is 0 Å². The van der Waals surface area contributed by atoms with Gasteiger partial charge in [0.2, 0.25) is 10.0 Å². The van der Waals surface area contributed by atoms with Crippen LogP contribution in [-0.2, 0) is 16.6 Å². The first kappa shape index (κ1) is 16.6. The quantitative estimate of drug-likeness (QED) is 0.812. The van der Waals surface area contributed by atoms with E-state index in [2.05, 4.69) is 10.4 Å². The van der Waals surface area contributed by atoms with Gasteiger partial charge < -0.3 is 10.2 Å². The molecule has 1 aliphatic heterocycles. The lowest BCUT2D eigenvalue weighted by Crippen LogP contribution is -2.43. The number of nitrogens with two attached hydrogens (primary N) is 1. The number of nitrogens with zero attached hydrogens (tertiary/aromatic N) is 3. The number of urea groups is 1. The molecule has 0 saturated carbocycles. The number of aromatic nitrogens is 2. The number of amides is 2. The zero-order chi connectivity index (χ0) is 16.3. The molecule has 2 rings (SSSR count). The number of alkyl halides is 2. The molecule has 1 aromatic rings. The van der Waals surface area contributed by atoms with Crippen molar-refractivity contribution in [1.82, 2.24) is 14.7 Å². The molecule has 2 amide bonds. The van der Waals surface area contributed by atoms with Gasteiger partial charge in [-0.1, -0.05) is 0 Å². The number of sulfonamides is 1. The molecule has 1 aliphatic rings. The molecule has 8 nitrogen and oxygen atoms in total. The molecule has 2 heterocycles. The Balaban J connectivity index is 1.97. The molecule has 0 bridgehead atoms. The van der Waals surface area contributed by atoms with E-state index in [1.54, 1.807) is 0 Å². The second-order valence-electron chi connectivity index (χ2n) is 5.09. The minimum absolute atomic E-state index is 0.270. The van der Waals surface area contributed by atoms with Crippen molar-refractivity contribution in [2.24, 2.45) is 5.14 Å². The number of rotatable bonds is 5. The molecule has 11 heteroatoms. The molecular weight excluding hydrogens is 320 g/mol. The monoisotopic (exact) mass is 337 g/mol. The minimum atomic E-state index is -3.68. The second kappa shape index (κ2) is 6.57. The first-order valence-electron chi connectivity index (χ1n) is 6.63. The highest BCUT2D eigenvalue weighted by atomic mass is 32.2. The van der Waals surface area contributed by atoms with E-state index < -0.39 is 35.1 Å². The highest BCUT2D eigenvalue weighted by Crippen LogP contribution is 2.20. The Morgan fingerprint density at radius 3 is 2.91 bits per heavy atom. The van der Waals surface area contributed by atoms with E-state index >= 15 is 0 Å². The van der Waals surface area contributed by atoms with Gasteiger partial charge in [-0.3, -0.25) is 4.68 Å². The van der Waals surface area contributed by atoms with Crippen LogP contribution >= 0.6 is 0 Å². The summed E-state index contributed by atoms with van der Waals surface area (Å²) in [5, 5.41) is 11.2. The van der Waals surface area contributed by atoms with Crippen LogP contribution in [0.3, 0.4) is 0 Å². The number of primary sulfonamides is 1. The zero-order valence-electron chi connectivity index (χ0n) is 11.7. The summed E-state index contributed by atoms with van der Waals surface area (Å²) in [4.78, 5) is 13.5. The Bertz CT molecular complexity index is 633. The van der Waals surface area contributed by atoms with Crippen LogP contribution in [0.25, 0.3) is 0 Å². The largest absolute Gasteiger partial charge is 0.322 e. The van der Waals surface area contributed by atoms with Gasteiger partial charge in [0, 0.05) is 18.8 Å². The number of carbonyl (C=O) groups excluding carboxylic acids is 1. The second-order valence-corrected chi connectivity index (χ2v) is 6.75. The summed E-state index contributed by atoms with van der Waals surface area (Å²) >= 11 is 0. The van der Waals surface area contributed by atoms with E-state index in [1.165, 1.54) is 17.3 Å². The molecule has 1 aromatic heterocycles. The minimum Gasteiger partial charge on any atom is -0.320 e. The number of likely N-dealkylation sites (tertiary alicyclic amines) is 1. The highest BCUT2D eigenvalue weighted by molar-refractivity contribution is 7.89. The van der Waals surface area contributed by atoms with Crippen molar-refractivity contribution in [3.8, 4) is 0 Å². The van der Waals surface area contributed by atoms with Crippen LogP contribution < -0.4 is 10.5 Å². The Kier molecular flexibility index (Phi) is 4.96. The van der Waals surface area contributed by atoms with E-state index in [0.717, 1.165) is 4.68 Å². The van der Waals surface area contributed by atoms with Crippen molar-refractivity contribution < 1.29 is 22.0 Å². The molecule has 1 atom stereocenters. The van der Waals surface area contributed by atoms with Crippen LogP contribution in [0.1, 0.15) is 12.8 Å². The molecular formula is C11H17F2N5O3S. The van der Waals surface area contributed by atoms with E-state index in [-0.39, 0.29) is 11.4 Å². The first-order valence-corrected chi connectivity index (χ1v) is 8.35. The number of halogens is 2. The molecule has 3 N–H and O–H groups in total. The topological polar surface area (TPSA) is 110 Å². The molecule has 0 spiro atoms. The van der Waals surface area contributed by atoms with Gasteiger partial charge in [0.05, 0.1) is 17.6 Å². The predicted molar refractivity (Wildman–Crippen MR) is 75.0 cm³/mol. The summed E-state index contributed by atoms with van der Waals surface area (Å²) in [6.07, 6.45) is 1.23. The average molecular weight is 337 g/mol. The number of carbonyl (C=O) groups is 1. The van der Waals surface area contributed by atoms with E-state index in [0.29, 0.717) is 19.4 Å². The fraction of sp³-hybridized carbons (Fsp3) is 0.636. The van der Waals surface area contributed by atoms with Gasteiger partial charge in [0.25, 0.3) is 6.43 Å². The van der Waals surface area contributed by atoms with E-state index in [9.17, 15) is 22.0 Å². The van der Waals surface area contributed by atoms with E-state index in [4.69, 9.17) is 5.14 Å². The molecule has 0 radical (unpaired) electrons. The predicted octanol–water partition coefficient (Wildman–Crippen LogP) is 0.433. The fourth-order valence-corrected chi connectivity index (χ4v) is 3.29. The Morgan fingerprint density at radius 2 is 2.27 bits per heavy atom. The maximum absolute atomic E-state index is 12.2. The van der Waals surface area contributed by atoms with Crippen molar-refractivity contribution in [2.75, 3.05) is 17.6 Å². The van der Waals surface area contributed by atoms with Gasteiger partial charge in [-0.15, -0.1) is 0 Å². The summed E-state index contributed by atoms with van der Waals surface area (Å²) in [7, 11) is -3.68. The number of anilines is 1. The lowest BCUT2D eigenvalue weighted by atomic mass is 10.2. The Hall–Kier alpha value is -1.75. The normalized spacial score (nSPS) is 18.9. The number of nitrogens with one attached hydrogen (secondary N) is 1. The molecule has 1 unspecified atom stereocenters. The molecule has 0 aliphatic carbocycles. The lowest BCUT2D eigenvalue weighted by Gasteiger charge is -2.23. The van der Waals surface area contributed by atoms with Crippen LogP contribution in [-0.4, -0.2) is 53.9 Å². The third kappa shape index (κ3) is 4.63. The summed E-state index contributed by atoms with van der Waals surface area (Å²) in [6, 6.07) is -0.978. The molecule has 1 saturated heterocycles. The van der Waals surface area contributed by atoms with Crippen molar-refractivity contribution in [1.29, 1.82) is 0 Å². The van der Waals surface area contributed by atoms with E-state index in [1.807, 2.05) is 0 Å². The number of hydrogen-bond acceptors (Lipinski definition) is 4. The summed E-state index contributed by atoms with van der Waals surface area (Å²) < 4.78 is 47.8. The van der Waals surface area contributed by atoms with Crippen LogP contribution in [0, 0.1) is 0 Å². The average Bonchev–Trinajstić information content (AvgIpc) is 2.96. The maximum Gasteiger partial charge on any atom is 0.322 e. The SMILES string of the molecule is NS(=O)(=O)CC1CCCN1C(=O)Nc1cnn(CC(F)F)c1. The molecule has 1 fully saturated rings. The number of hydrogen-bond donors (Lipinski definition) is 2. The fourth-order valence-electron chi connectivity index (χ4n) is 2.41. The Labute approximate surface area is 126 Å². The molecule has 22 heavy (non-hydrogen) atoms. The van der Waals surface area contributed by atoms with Crippen LogP contribution in [0.5, 0.6) is 0 Å². The van der Waals surface area contributed by atoms with Crippen molar-refractivity contribution in [3.05, 3.63) is 12.4 Å². The van der Waals surface area contributed by atoms with Crippen LogP contribution in [0.2, 0.25) is 0 Å². The van der Waals surface area contributed by atoms with Gasteiger partial charge >= 0.3 is 6.03 Å². The highest BCUT2D eigenvalue weighted by Gasteiger charge is 2.31. The Morgan fingerprint density at radius 1 is 1.55 bits per heavy atom. The van der Waals surface area contributed by atoms with Crippen LogP contribution in [0.4, 0.5) is 19.3 Å². The maximum atomic E-state index is 12.2. The summed E-state index contributed by atoms with van der Waals surface area (Å²) in [6.45, 7) is -0.148. The van der Waals surface area contributed by atoms with Gasteiger partial charge in [-0.2, -0.15) is 5.10 Å². The van der Waals surface area contributed by atoms with Crippen molar-refractivity contribution in [2.45, 2.75) is 31.9 Å². The standard InChI is InChI=1S/C11H17F2N5O3S/c12-10(13)6-17-5-8(4-15-17)16-11(19)18-3-1-2-9(18)7-22(14,20)21/h4-5,9-10H,1-3,6-7H2,(H,16,19)(H2,14,20,21). The van der Waals surface area contributed by atoms with Crippen molar-refractivity contribution in [3.63, 3.8) is 0 Å². The summed E-state index contributed by atoms with van der Waals surface area (Å²) in [5.41, 5.74) is 0.270. The smallest absolute Gasteiger partial charge is 0.320 e. The lowest BCUT2D eigenvalue weighted by molar-refractivity contribution is 0.122. The van der Waals surface area contributed by atoms with Gasteiger partial charge in [0.1, 0.15) is 6.54 Å². The third-order valence-electron chi connectivity index (χ3n) is 3.27. The third-order valence-corrected chi connectivity index (χ3v) is 4.12.